The first-order valence-corrected chi connectivity index (χ1v) is 6.21. The van der Waals surface area contributed by atoms with Crippen molar-refractivity contribution in [3.63, 3.8) is 0 Å². The molecule has 3 nitrogen and oxygen atoms in total. The van der Waals surface area contributed by atoms with Gasteiger partial charge in [0, 0.05) is 44.1 Å². The summed E-state index contributed by atoms with van der Waals surface area (Å²) in [5.74, 6) is 0. The number of nitrogens with one attached hydrogen (secondary N) is 1. The summed E-state index contributed by atoms with van der Waals surface area (Å²) >= 11 is 0. The Kier molecular flexibility index (Phi) is 3.66. The van der Waals surface area contributed by atoms with Crippen LogP contribution < -0.4 is 5.32 Å². The Morgan fingerprint density at radius 2 is 2.31 bits per heavy atom. The van der Waals surface area contributed by atoms with Crippen LogP contribution >= 0.6 is 0 Å². The van der Waals surface area contributed by atoms with E-state index < -0.39 is 0 Å². The second kappa shape index (κ2) is 5.02. The highest BCUT2D eigenvalue weighted by Crippen LogP contribution is 2.26. The van der Waals surface area contributed by atoms with E-state index in [1.54, 1.807) is 0 Å². The molecule has 1 aromatic heterocycles. The van der Waals surface area contributed by atoms with Gasteiger partial charge in [0.25, 0.3) is 0 Å². The van der Waals surface area contributed by atoms with E-state index in [1.807, 2.05) is 0 Å². The molecule has 1 unspecified atom stereocenters. The molecule has 90 valence electrons. The van der Waals surface area contributed by atoms with Crippen LogP contribution in [-0.4, -0.2) is 35.1 Å². The number of aryl methyl sites for hydroxylation is 1. The predicted molar refractivity (Wildman–Crippen MR) is 67.4 cm³/mol. The zero-order chi connectivity index (χ0) is 11.5. The van der Waals surface area contributed by atoms with Crippen LogP contribution in [0, 0.1) is 0 Å². The Morgan fingerprint density at radius 3 is 2.88 bits per heavy atom. The first kappa shape index (κ1) is 11.7. The molecule has 0 spiro atoms. The molecule has 0 radical (unpaired) electrons. The molecule has 0 amide bonds. The van der Waals surface area contributed by atoms with Gasteiger partial charge in [-0.05, 0) is 38.9 Å². The summed E-state index contributed by atoms with van der Waals surface area (Å²) in [5, 5.41) is 3.53. The first-order chi connectivity index (χ1) is 7.68. The van der Waals surface area contributed by atoms with Crippen molar-refractivity contribution in [2.45, 2.75) is 38.4 Å². The number of nitrogens with zero attached hydrogens (tertiary/aromatic N) is 2. The molecule has 2 rings (SSSR count). The molecular formula is C13H23N3. The van der Waals surface area contributed by atoms with E-state index >= 15 is 0 Å². The van der Waals surface area contributed by atoms with Crippen molar-refractivity contribution < 1.29 is 0 Å². The number of hydrogen-bond acceptors (Lipinski definition) is 2. The van der Waals surface area contributed by atoms with Crippen LogP contribution in [0.1, 0.15) is 25.5 Å². The average molecular weight is 221 g/mol. The molecule has 0 aliphatic heterocycles. The highest BCUT2D eigenvalue weighted by molar-refractivity contribution is 5.05. The third-order valence-electron chi connectivity index (χ3n) is 3.62. The van der Waals surface area contributed by atoms with E-state index in [-0.39, 0.29) is 0 Å². The lowest BCUT2D eigenvalue weighted by Gasteiger charge is -2.24. The van der Waals surface area contributed by atoms with E-state index in [0.29, 0.717) is 6.04 Å². The smallest absolute Gasteiger partial charge is 0.0359 e. The molecule has 1 aliphatic rings. The minimum atomic E-state index is 0.632. The second-order valence-electron chi connectivity index (χ2n) is 4.99. The molecule has 1 atom stereocenters. The van der Waals surface area contributed by atoms with Gasteiger partial charge in [-0.25, -0.2) is 0 Å². The molecule has 1 N–H and O–H groups in total. The lowest BCUT2D eigenvalue weighted by Crippen LogP contribution is -2.39. The zero-order valence-electron chi connectivity index (χ0n) is 10.6. The summed E-state index contributed by atoms with van der Waals surface area (Å²) in [4.78, 5) is 2.50. The molecule has 3 heteroatoms. The molecular weight excluding hydrogens is 198 g/mol. The fourth-order valence-corrected chi connectivity index (χ4v) is 2.07. The monoisotopic (exact) mass is 221 g/mol. The van der Waals surface area contributed by atoms with Crippen LogP contribution in [0.25, 0.3) is 0 Å². The molecule has 1 aliphatic carbocycles. The van der Waals surface area contributed by atoms with E-state index in [2.05, 4.69) is 54.1 Å². The standard InChI is InChI=1S/C13H23N3/c1-11(16(3)12-6-7-12)9-14-10-13-5-4-8-15(13)2/h4-5,8,11-12,14H,6-7,9-10H2,1-3H3. The Hall–Kier alpha value is -0.800. The van der Waals surface area contributed by atoms with Gasteiger partial charge in [-0.15, -0.1) is 0 Å². The first-order valence-electron chi connectivity index (χ1n) is 6.21. The zero-order valence-corrected chi connectivity index (χ0v) is 10.6. The fraction of sp³-hybridized carbons (Fsp3) is 0.692. The summed E-state index contributed by atoms with van der Waals surface area (Å²) in [6, 6.07) is 5.75. The minimum absolute atomic E-state index is 0.632. The third kappa shape index (κ3) is 2.86. The van der Waals surface area contributed by atoms with Crippen molar-refractivity contribution in [2.75, 3.05) is 13.6 Å². The van der Waals surface area contributed by atoms with Crippen molar-refractivity contribution in [2.24, 2.45) is 7.05 Å². The lowest BCUT2D eigenvalue weighted by atomic mass is 10.3. The van der Waals surface area contributed by atoms with Gasteiger partial charge in [0.1, 0.15) is 0 Å². The molecule has 1 heterocycles. The van der Waals surface area contributed by atoms with Crippen molar-refractivity contribution in [1.29, 1.82) is 0 Å². The van der Waals surface area contributed by atoms with E-state index in [0.717, 1.165) is 19.1 Å². The number of likely N-dealkylation sites (N-methyl/N-ethyl adjacent to an activating group) is 1. The molecule has 16 heavy (non-hydrogen) atoms. The minimum Gasteiger partial charge on any atom is -0.353 e. The molecule has 0 saturated heterocycles. The summed E-state index contributed by atoms with van der Waals surface area (Å²) in [6.07, 6.45) is 4.87. The van der Waals surface area contributed by atoms with Crippen LogP contribution in [-0.2, 0) is 13.6 Å². The summed E-state index contributed by atoms with van der Waals surface area (Å²) in [5.41, 5.74) is 1.35. The topological polar surface area (TPSA) is 20.2 Å². The number of hydrogen-bond donors (Lipinski definition) is 1. The molecule has 1 aromatic rings. The van der Waals surface area contributed by atoms with Gasteiger partial charge in [0.15, 0.2) is 0 Å². The van der Waals surface area contributed by atoms with Crippen molar-refractivity contribution in [3.8, 4) is 0 Å². The van der Waals surface area contributed by atoms with Gasteiger partial charge in [-0.2, -0.15) is 0 Å². The van der Waals surface area contributed by atoms with Gasteiger partial charge in [-0.3, -0.25) is 4.90 Å². The van der Waals surface area contributed by atoms with Crippen LogP contribution in [0.5, 0.6) is 0 Å². The Bertz CT molecular complexity index is 328. The summed E-state index contributed by atoms with van der Waals surface area (Å²) < 4.78 is 2.17. The molecule has 0 bridgehead atoms. The lowest BCUT2D eigenvalue weighted by molar-refractivity contribution is 0.240. The van der Waals surface area contributed by atoms with E-state index in [1.165, 1.54) is 18.5 Å². The van der Waals surface area contributed by atoms with Gasteiger partial charge in [-0.1, -0.05) is 0 Å². The largest absolute Gasteiger partial charge is 0.353 e. The van der Waals surface area contributed by atoms with Gasteiger partial charge < -0.3 is 9.88 Å². The Morgan fingerprint density at radius 1 is 1.56 bits per heavy atom. The predicted octanol–water partition coefficient (Wildman–Crippen LogP) is 1.60. The van der Waals surface area contributed by atoms with Gasteiger partial charge in [0.05, 0.1) is 0 Å². The highest BCUT2D eigenvalue weighted by atomic mass is 15.2. The van der Waals surface area contributed by atoms with Gasteiger partial charge in [0.2, 0.25) is 0 Å². The van der Waals surface area contributed by atoms with Crippen LogP contribution in [0.2, 0.25) is 0 Å². The van der Waals surface area contributed by atoms with Crippen molar-refractivity contribution in [1.82, 2.24) is 14.8 Å². The maximum absolute atomic E-state index is 3.53. The van der Waals surface area contributed by atoms with E-state index in [4.69, 9.17) is 0 Å². The highest BCUT2D eigenvalue weighted by Gasteiger charge is 2.28. The normalized spacial score (nSPS) is 18.0. The molecule has 1 fully saturated rings. The summed E-state index contributed by atoms with van der Waals surface area (Å²) in [7, 11) is 4.34. The van der Waals surface area contributed by atoms with Crippen LogP contribution in [0.15, 0.2) is 18.3 Å². The third-order valence-corrected chi connectivity index (χ3v) is 3.62. The SMILES string of the molecule is CC(CNCc1cccn1C)N(C)C1CC1. The average Bonchev–Trinajstić information content (AvgIpc) is 3.03. The number of rotatable bonds is 6. The Labute approximate surface area is 98.4 Å². The second-order valence-corrected chi connectivity index (χ2v) is 4.99. The van der Waals surface area contributed by atoms with Gasteiger partial charge >= 0.3 is 0 Å². The molecule has 1 saturated carbocycles. The fourth-order valence-electron chi connectivity index (χ4n) is 2.07. The van der Waals surface area contributed by atoms with Crippen LogP contribution in [0.3, 0.4) is 0 Å². The Balaban J connectivity index is 1.69. The van der Waals surface area contributed by atoms with E-state index in [9.17, 15) is 0 Å². The van der Waals surface area contributed by atoms with Crippen molar-refractivity contribution >= 4 is 0 Å². The summed E-state index contributed by atoms with van der Waals surface area (Å²) in [6.45, 7) is 4.33. The van der Waals surface area contributed by atoms with Crippen LogP contribution in [0.4, 0.5) is 0 Å². The number of aromatic nitrogens is 1. The molecule has 0 aromatic carbocycles. The maximum atomic E-state index is 3.53. The quantitative estimate of drug-likeness (QED) is 0.787. The maximum Gasteiger partial charge on any atom is 0.0359 e. The van der Waals surface area contributed by atoms with Crippen molar-refractivity contribution in [3.05, 3.63) is 24.0 Å².